The second-order valence-corrected chi connectivity index (χ2v) is 8.15. The summed E-state index contributed by atoms with van der Waals surface area (Å²) >= 11 is 6.11. The van der Waals surface area contributed by atoms with Gasteiger partial charge in [-0.25, -0.2) is 0 Å². The maximum atomic E-state index is 6.11. The van der Waals surface area contributed by atoms with Crippen LogP contribution in [0.2, 0.25) is 5.02 Å². The SMILES string of the molecule is CC(C)(C)CC(C)(C)c1cccc(-c2cccc(Cl)c2)c1. The van der Waals surface area contributed by atoms with Gasteiger partial charge in [0, 0.05) is 5.02 Å². The van der Waals surface area contributed by atoms with E-state index < -0.39 is 0 Å². The Morgan fingerprint density at radius 2 is 1.38 bits per heavy atom. The number of rotatable bonds is 3. The van der Waals surface area contributed by atoms with E-state index in [2.05, 4.69) is 65.0 Å². The van der Waals surface area contributed by atoms with Crippen LogP contribution < -0.4 is 0 Å². The Hall–Kier alpha value is -1.27. The van der Waals surface area contributed by atoms with Crippen LogP contribution in [0.5, 0.6) is 0 Å². The average Bonchev–Trinajstić information content (AvgIpc) is 2.36. The van der Waals surface area contributed by atoms with Gasteiger partial charge in [-0.2, -0.15) is 0 Å². The number of benzene rings is 2. The molecular formula is C20H25Cl. The van der Waals surface area contributed by atoms with Gasteiger partial charge in [-0.1, -0.05) is 82.6 Å². The van der Waals surface area contributed by atoms with Crippen molar-refractivity contribution in [3.63, 3.8) is 0 Å². The minimum absolute atomic E-state index is 0.160. The summed E-state index contributed by atoms with van der Waals surface area (Å²) in [5, 5.41) is 0.784. The Balaban J connectivity index is 2.38. The summed E-state index contributed by atoms with van der Waals surface area (Å²) in [6.45, 7) is 11.6. The van der Waals surface area contributed by atoms with E-state index in [1.807, 2.05) is 18.2 Å². The maximum Gasteiger partial charge on any atom is 0.0412 e. The fourth-order valence-electron chi connectivity index (χ4n) is 3.22. The van der Waals surface area contributed by atoms with E-state index in [1.165, 1.54) is 16.7 Å². The Bertz CT molecular complexity index is 618. The zero-order chi connectivity index (χ0) is 15.7. The fraction of sp³-hybridized carbons (Fsp3) is 0.400. The first-order valence-corrected chi connectivity index (χ1v) is 7.92. The molecule has 0 aliphatic rings. The van der Waals surface area contributed by atoms with E-state index in [1.54, 1.807) is 0 Å². The predicted octanol–water partition coefficient (Wildman–Crippen LogP) is 6.72. The van der Waals surface area contributed by atoms with E-state index in [4.69, 9.17) is 11.6 Å². The molecule has 1 heteroatoms. The highest BCUT2D eigenvalue weighted by Crippen LogP contribution is 2.37. The third kappa shape index (κ3) is 4.35. The van der Waals surface area contributed by atoms with Gasteiger partial charge in [0.25, 0.3) is 0 Å². The van der Waals surface area contributed by atoms with Crippen LogP contribution in [0.15, 0.2) is 48.5 Å². The van der Waals surface area contributed by atoms with Crippen LogP contribution in [0.4, 0.5) is 0 Å². The normalized spacial score (nSPS) is 12.5. The van der Waals surface area contributed by atoms with Gasteiger partial charge in [0.1, 0.15) is 0 Å². The average molecular weight is 301 g/mol. The van der Waals surface area contributed by atoms with Crippen molar-refractivity contribution in [2.75, 3.05) is 0 Å². The molecule has 0 amide bonds. The van der Waals surface area contributed by atoms with Gasteiger partial charge in [0.05, 0.1) is 0 Å². The Morgan fingerprint density at radius 1 is 0.810 bits per heavy atom. The van der Waals surface area contributed by atoms with Gasteiger partial charge in [0.2, 0.25) is 0 Å². The molecule has 0 unspecified atom stereocenters. The first-order valence-electron chi connectivity index (χ1n) is 7.54. The zero-order valence-electron chi connectivity index (χ0n) is 13.7. The van der Waals surface area contributed by atoms with Gasteiger partial charge in [0.15, 0.2) is 0 Å². The minimum atomic E-state index is 0.160. The largest absolute Gasteiger partial charge is 0.0843 e. The second-order valence-electron chi connectivity index (χ2n) is 7.71. The van der Waals surface area contributed by atoms with Crippen LogP contribution in [0.1, 0.15) is 46.6 Å². The summed E-state index contributed by atoms with van der Waals surface area (Å²) in [5.41, 5.74) is 4.27. The van der Waals surface area contributed by atoms with E-state index >= 15 is 0 Å². The lowest BCUT2D eigenvalue weighted by Gasteiger charge is -2.33. The monoisotopic (exact) mass is 300 g/mol. The quantitative estimate of drug-likeness (QED) is 0.590. The highest BCUT2D eigenvalue weighted by atomic mass is 35.5. The molecule has 0 bridgehead atoms. The molecule has 112 valence electrons. The standard InChI is InChI=1S/C20H25Cl/c1-19(2,3)14-20(4,5)17-10-6-8-15(12-17)16-9-7-11-18(21)13-16/h6-13H,14H2,1-5H3. The molecule has 0 spiro atoms. The van der Waals surface area contributed by atoms with Gasteiger partial charge in [-0.05, 0) is 46.1 Å². The summed E-state index contributed by atoms with van der Waals surface area (Å²) in [6, 6.07) is 16.9. The van der Waals surface area contributed by atoms with Crippen LogP contribution >= 0.6 is 11.6 Å². The van der Waals surface area contributed by atoms with Crippen LogP contribution in [0.3, 0.4) is 0 Å². The highest BCUT2D eigenvalue weighted by Gasteiger charge is 2.27. The molecule has 0 heterocycles. The Kier molecular flexibility index (Phi) is 4.49. The van der Waals surface area contributed by atoms with Crippen LogP contribution in [-0.2, 0) is 5.41 Å². The molecular weight excluding hydrogens is 276 g/mol. The van der Waals surface area contributed by atoms with Gasteiger partial charge in [-0.3, -0.25) is 0 Å². The molecule has 0 aliphatic heterocycles. The van der Waals surface area contributed by atoms with Crippen molar-refractivity contribution >= 4 is 11.6 Å². The highest BCUT2D eigenvalue weighted by molar-refractivity contribution is 6.30. The molecule has 0 saturated heterocycles. The Labute approximate surface area is 134 Å². The van der Waals surface area contributed by atoms with Crippen molar-refractivity contribution in [3.05, 3.63) is 59.1 Å². The number of hydrogen-bond acceptors (Lipinski definition) is 0. The summed E-state index contributed by atoms with van der Waals surface area (Å²) in [6.07, 6.45) is 1.15. The molecule has 0 saturated carbocycles. The third-order valence-corrected chi connectivity index (χ3v) is 4.01. The molecule has 21 heavy (non-hydrogen) atoms. The van der Waals surface area contributed by atoms with Crippen molar-refractivity contribution in [1.82, 2.24) is 0 Å². The molecule has 0 N–H and O–H groups in total. The van der Waals surface area contributed by atoms with Crippen molar-refractivity contribution < 1.29 is 0 Å². The van der Waals surface area contributed by atoms with Crippen molar-refractivity contribution in [2.45, 2.75) is 46.5 Å². The van der Waals surface area contributed by atoms with Gasteiger partial charge in [-0.15, -0.1) is 0 Å². The topological polar surface area (TPSA) is 0 Å². The first kappa shape index (κ1) is 16.1. The number of hydrogen-bond donors (Lipinski definition) is 0. The lowest BCUT2D eigenvalue weighted by Crippen LogP contribution is -2.24. The smallest absolute Gasteiger partial charge is 0.0412 e. The zero-order valence-corrected chi connectivity index (χ0v) is 14.5. The lowest BCUT2D eigenvalue weighted by molar-refractivity contribution is 0.284. The summed E-state index contributed by atoms with van der Waals surface area (Å²) in [5.74, 6) is 0. The third-order valence-electron chi connectivity index (χ3n) is 3.77. The summed E-state index contributed by atoms with van der Waals surface area (Å²) in [4.78, 5) is 0. The van der Waals surface area contributed by atoms with E-state index in [9.17, 15) is 0 Å². The lowest BCUT2D eigenvalue weighted by atomic mass is 9.72. The van der Waals surface area contributed by atoms with Gasteiger partial charge >= 0.3 is 0 Å². The van der Waals surface area contributed by atoms with Crippen LogP contribution in [-0.4, -0.2) is 0 Å². The maximum absolute atomic E-state index is 6.11. The predicted molar refractivity (Wildman–Crippen MR) is 94.0 cm³/mol. The molecule has 2 rings (SSSR count). The summed E-state index contributed by atoms with van der Waals surface area (Å²) < 4.78 is 0. The molecule has 2 aromatic carbocycles. The first-order chi connectivity index (χ1) is 9.67. The second kappa shape index (κ2) is 5.85. The molecule has 0 radical (unpaired) electrons. The van der Waals surface area contributed by atoms with Crippen LogP contribution in [0, 0.1) is 5.41 Å². The van der Waals surface area contributed by atoms with E-state index in [-0.39, 0.29) is 5.41 Å². The molecule has 0 aromatic heterocycles. The van der Waals surface area contributed by atoms with Gasteiger partial charge < -0.3 is 0 Å². The molecule has 0 atom stereocenters. The van der Waals surface area contributed by atoms with Crippen molar-refractivity contribution in [3.8, 4) is 11.1 Å². The minimum Gasteiger partial charge on any atom is -0.0843 e. The van der Waals surface area contributed by atoms with Crippen LogP contribution in [0.25, 0.3) is 11.1 Å². The van der Waals surface area contributed by atoms with E-state index in [0.717, 1.165) is 11.4 Å². The van der Waals surface area contributed by atoms with Crippen molar-refractivity contribution in [1.29, 1.82) is 0 Å². The van der Waals surface area contributed by atoms with Crippen molar-refractivity contribution in [2.24, 2.45) is 5.41 Å². The molecule has 0 aliphatic carbocycles. The molecule has 0 fully saturated rings. The molecule has 2 aromatic rings. The Morgan fingerprint density at radius 3 is 1.95 bits per heavy atom. The summed E-state index contributed by atoms with van der Waals surface area (Å²) in [7, 11) is 0. The van der Waals surface area contributed by atoms with E-state index in [0.29, 0.717) is 5.41 Å². The molecule has 0 nitrogen and oxygen atoms in total. The number of halogens is 1. The fourth-order valence-corrected chi connectivity index (χ4v) is 3.41.